The lowest BCUT2D eigenvalue weighted by molar-refractivity contribution is -0.0783. The van der Waals surface area contributed by atoms with Crippen LogP contribution in [0.5, 0.6) is 0 Å². The summed E-state index contributed by atoms with van der Waals surface area (Å²) in [5.41, 5.74) is 0.786. The third-order valence-corrected chi connectivity index (χ3v) is 5.46. The Hall–Kier alpha value is -0.200. The van der Waals surface area contributed by atoms with Crippen molar-refractivity contribution in [3.63, 3.8) is 0 Å². The molecule has 0 amide bonds. The summed E-state index contributed by atoms with van der Waals surface area (Å²) in [4.78, 5) is 0. The standard InChI is InChI=1S/C8H16N2O.C8H16N2/c1-2-8(6-9-3-1)7-10-4-5-11-8;1-2-8(6-9-4-1)3-5-10-7-8/h9-10H,1-7H2;9-10H,1-7H2. The second-order valence-electron chi connectivity index (χ2n) is 7.20. The fourth-order valence-corrected chi connectivity index (χ4v) is 4.11. The molecule has 4 heterocycles. The molecule has 4 aliphatic rings. The number of morpholine rings is 1. The van der Waals surface area contributed by atoms with Crippen molar-refractivity contribution in [3.8, 4) is 0 Å². The van der Waals surface area contributed by atoms with E-state index < -0.39 is 0 Å². The molecule has 5 nitrogen and oxygen atoms in total. The summed E-state index contributed by atoms with van der Waals surface area (Å²) in [6.45, 7) is 10.1. The Morgan fingerprint density at radius 3 is 1.76 bits per heavy atom. The SMILES string of the molecule is C1CNCC2(C1)CCNC2.C1CNCC2(C1)CNCCO2. The number of ether oxygens (including phenoxy) is 1. The summed E-state index contributed by atoms with van der Waals surface area (Å²) in [5.74, 6) is 0. The second-order valence-corrected chi connectivity index (χ2v) is 7.20. The molecule has 0 aromatic carbocycles. The van der Waals surface area contributed by atoms with E-state index in [1.165, 1.54) is 58.3 Å². The van der Waals surface area contributed by atoms with Gasteiger partial charge in [-0.15, -0.1) is 0 Å². The summed E-state index contributed by atoms with van der Waals surface area (Å²) < 4.78 is 5.78. The third kappa shape index (κ3) is 4.17. The summed E-state index contributed by atoms with van der Waals surface area (Å²) in [6, 6.07) is 0. The van der Waals surface area contributed by atoms with Crippen LogP contribution in [0.3, 0.4) is 0 Å². The average Bonchev–Trinajstić information content (AvgIpc) is 2.98. The molecule has 2 atom stereocenters. The van der Waals surface area contributed by atoms with Crippen molar-refractivity contribution in [2.24, 2.45) is 5.41 Å². The lowest BCUT2D eigenvalue weighted by Crippen LogP contribution is -2.57. The smallest absolute Gasteiger partial charge is 0.0930 e. The molecule has 21 heavy (non-hydrogen) atoms. The first kappa shape index (κ1) is 15.7. The quantitative estimate of drug-likeness (QED) is 0.510. The molecule has 122 valence electrons. The Morgan fingerprint density at radius 2 is 1.29 bits per heavy atom. The fourth-order valence-electron chi connectivity index (χ4n) is 4.11. The first-order chi connectivity index (χ1) is 10.3. The number of piperidine rings is 2. The first-order valence-corrected chi connectivity index (χ1v) is 8.80. The van der Waals surface area contributed by atoms with Crippen LogP contribution >= 0.6 is 0 Å². The Morgan fingerprint density at radius 1 is 0.619 bits per heavy atom. The minimum absolute atomic E-state index is 0.135. The number of rotatable bonds is 0. The molecule has 0 saturated carbocycles. The van der Waals surface area contributed by atoms with E-state index in [4.69, 9.17) is 4.74 Å². The highest BCUT2D eigenvalue weighted by atomic mass is 16.5. The normalized spacial score (nSPS) is 40.0. The van der Waals surface area contributed by atoms with Gasteiger partial charge in [0.05, 0.1) is 12.2 Å². The van der Waals surface area contributed by atoms with E-state index >= 15 is 0 Å². The molecule has 5 heteroatoms. The summed E-state index contributed by atoms with van der Waals surface area (Å²) >= 11 is 0. The highest BCUT2D eigenvalue weighted by Crippen LogP contribution is 2.31. The maximum absolute atomic E-state index is 5.78. The molecule has 0 aromatic heterocycles. The van der Waals surface area contributed by atoms with E-state index in [9.17, 15) is 0 Å². The molecule has 4 N–H and O–H groups in total. The molecule has 2 unspecified atom stereocenters. The molecular formula is C16H32N4O. The van der Waals surface area contributed by atoms with E-state index in [2.05, 4.69) is 21.3 Å². The lowest BCUT2D eigenvalue weighted by atomic mass is 9.80. The molecule has 0 radical (unpaired) electrons. The van der Waals surface area contributed by atoms with Crippen LogP contribution in [0, 0.1) is 5.41 Å². The Kier molecular flexibility index (Phi) is 5.51. The largest absolute Gasteiger partial charge is 0.371 e. The van der Waals surface area contributed by atoms with Crippen molar-refractivity contribution < 1.29 is 4.74 Å². The molecule has 4 fully saturated rings. The zero-order valence-electron chi connectivity index (χ0n) is 13.3. The zero-order valence-corrected chi connectivity index (χ0v) is 13.3. The summed E-state index contributed by atoms with van der Waals surface area (Å²) in [7, 11) is 0. The Labute approximate surface area is 129 Å². The minimum atomic E-state index is 0.135. The van der Waals surface area contributed by atoms with Gasteiger partial charge in [0.2, 0.25) is 0 Å². The predicted octanol–water partition coefficient (Wildman–Crippen LogP) is 0.0779. The average molecular weight is 296 g/mol. The fraction of sp³-hybridized carbons (Fsp3) is 1.00. The summed E-state index contributed by atoms with van der Waals surface area (Å²) in [5, 5.41) is 13.7. The highest BCUT2D eigenvalue weighted by molar-refractivity contribution is 4.92. The van der Waals surface area contributed by atoms with Gasteiger partial charge in [-0.05, 0) is 57.2 Å². The molecule has 2 spiro atoms. The van der Waals surface area contributed by atoms with Gasteiger partial charge in [-0.1, -0.05) is 0 Å². The van der Waals surface area contributed by atoms with E-state index in [1.54, 1.807) is 0 Å². The van der Waals surface area contributed by atoms with Gasteiger partial charge in [-0.3, -0.25) is 0 Å². The van der Waals surface area contributed by atoms with Gasteiger partial charge in [0.25, 0.3) is 0 Å². The van der Waals surface area contributed by atoms with Crippen LogP contribution in [-0.4, -0.2) is 64.6 Å². The number of hydrogen-bond acceptors (Lipinski definition) is 5. The van der Waals surface area contributed by atoms with Crippen LogP contribution in [0.25, 0.3) is 0 Å². The minimum Gasteiger partial charge on any atom is -0.371 e. The summed E-state index contributed by atoms with van der Waals surface area (Å²) in [6.07, 6.45) is 6.67. The van der Waals surface area contributed by atoms with Gasteiger partial charge in [0, 0.05) is 32.7 Å². The molecule has 0 aliphatic carbocycles. The van der Waals surface area contributed by atoms with Crippen LogP contribution in [0.2, 0.25) is 0 Å². The van der Waals surface area contributed by atoms with E-state index in [0.717, 1.165) is 32.8 Å². The maximum Gasteiger partial charge on any atom is 0.0930 e. The molecule has 4 rings (SSSR count). The van der Waals surface area contributed by atoms with Gasteiger partial charge in [-0.25, -0.2) is 0 Å². The van der Waals surface area contributed by atoms with Crippen LogP contribution < -0.4 is 21.3 Å². The van der Waals surface area contributed by atoms with Crippen molar-refractivity contribution in [3.05, 3.63) is 0 Å². The van der Waals surface area contributed by atoms with Crippen LogP contribution in [0.1, 0.15) is 32.1 Å². The van der Waals surface area contributed by atoms with Crippen molar-refractivity contribution in [2.75, 3.05) is 59.0 Å². The second kappa shape index (κ2) is 7.38. The maximum atomic E-state index is 5.78. The lowest BCUT2D eigenvalue weighted by Gasteiger charge is -2.40. The van der Waals surface area contributed by atoms with Gasteiger partial charge < -0.3 is 26.0 Å². The third-order valence-electron chi connectivity index (χ3n) is 5.46. The molecule has 4 saturated heterocycles. The van der Waals surface area contributed by atoms with Crippen LogP contribution in [-0.2, 0) is 4.74 Å². The predicted molar refractivity (Wildman–Crippen MR) is 85.7 cm³/mol. The first-order valence-electron chi connectivity index (χ1n) is 8.80. The number of nitrogens with one attached hydrogen (secondary N) is 4. The highest BCUT2D eigenvalue weighted by Gasteiger charge is 2.35. The van der Waals surface area contributed by atoms with E-state index in [0.29, 0.717) is 5.41 Å². The number of hydrogen-bond donors (Lipinski definition) is 4. The van der Waals surface area contributed by atoms with Crippen molar-refractivity contribution in [2.45, 2.75) is 37.7 Å². The van der Waals surface area contributed by atoms with Crippen molar-refractivity contribution >= 4 is 0 Å². The van der Waals surface area contributed by atoms with Crippen molar-refractivity contribution in [1.29, 1.82) is 0 Å². The molecule has 0 aromatic rings. The topological polar surface area (TPSA) is 57.3 Å². The van der Waals surface area contributed by atoms with Crippen molar-refractivity contribution in [1.82, 2.24) is 21.3 Å². The Balaban J connectivity index is 0.000000126. The van der Waals surface area contributed by atoms with Gasteiger partial charge in [-0.2, -0.15) is 0 Å². The van der Waals surface area contributed by atoms with Crippen LogP contribution in [0.15, 0.2) is 0 Å². The molecule has 4 aliphatic heterocycles. The van der Waals surface area contributed by atoms with E-state index in [-0.39, 0.29) is 5.60 Å². The van der Waals surface area contributed by atoms with E-state index in [1.807, 2.05) is 0 Å². The van der Waals surface area contributed by atoms with Gasteiger partial charge >= 0.3 is 0 Å². The van der Waals surface area contributed by atoms with Crippen LogP contribution in [0.4, 0.5) is 0 Å². The van der Waals surface area contributed by atoms with Gasteiger partial charge in [0.15, 0.2) is 0 Å². The monoisotopic (exact) mass is 296 g/mol. The Bertz CT molecular complexity index is 278. The zero-order chi connectivity index (χ0) is 14.4. The van der Waals surface area contributed by atoms with Gasteiger partial charge in [0.1, 0.15) is 0 Å². The molecule has 0 bridgehead atoms. The molecular weight excluding hydrogens is 264 g/mol.